The molecular formula is C13H25N3O3. The summed E-state index contributed by atoms with van der Waals surface area (Å²) in [4.78, 5) is 26.5. The molecule has 0 heterocycles. The lowest BCUT2D eigenvalue weighted by Gasteiger charge is -2.21. The lowest BCUT2D eigenvalue weighted by molar-refractivity contribution is -0.141. The minimum atomic E-state index is -0.754. The third-order valence-electron chi connectivity index (χ3n) is 3.56. The lowest BCUT2D eigenvalue weighted by Crippen LogP contribution is -2.43. The van der Waals surface area contributed by atoms with Gasteiger partial charge in [0, 0.05) is 19.6 Å². The van der Waals surface area contributed by atoms with Crippen LogP contribution in [0.3, 0.4) is 0 Å². The number of carbonyl (C=O) groups excluding carboxylic acids is 1. The molecule has 1 rings (SSSR count). The van der Waals surface area contributed by atoms with E-state index < -0.39 is 5.97 Å². The zero-order valence-electron chi connectivity index (χ0n) is 12.1. The van der Waals surface area contributed by atoms with Crippen molar-refractivity contribution in [2.75, 3.05) is 34.2 Å². The molecule has 19 heavy (non-hydrogen) atoms. The molecule has 1 fully saturated rings. The number of urea groups is 1. The van der Waals surface area contributed by atoms with Gasteiger partial charge in [-0.1, -0.05) is 0 Å². The minimum Gasteiger partial charge on any atom is -0.481 e. The van der Waals surface area contributed by atoms with Gasteiger partial charge in [-0.2, -0.15) is 0 Å². The quantitative estimate of drug-likeness (QED) is 0.750. The lowest BCUT2D eigenvalue weighted by atomic mass is 10.1. The van der Waals surface area contributed by atoms with Crippen LogP contribution in [0.2, 0.25) is 0 Å². The molecule has 2 atom stereocenters. The summed E-state index contributed by atoms with van der Waals surface area (Å²) >= 11 is 0. The number of nitrogens with one attached hydrogen (secondary N) is 1. The number of hydrogen-bond acceptors (Lipinski definition) is 3. The van der Waals surface area contributed by atoms with Crippen LogP contribution in [0.5, 0.6) is 0 Å². The van der Waals surface area contributed by atoms with Gasteiger partial charge in [0.2, 0.25) is 0 Å². The topological polar surface area (TPSA) is 72.9 Å². The molecule has 1 aliphatic carbocycles. The fourth-order valence-electron chi connectivity index (χ4n) is 2.35. The van der Waals surface area contributed by atoms with Gasteiger partial charge in [0.15, 0.2) is 0 Å². The average molecular weight is 271 g/mol. The number of carboxylic acids is 1. The molecule has 1 saturated carbocycles. The Balaban J connectivity index is 2.25. The largest absolute Gasteiger partial charge is 0.481 e. The summed E-state index contributed by atoms with van der Waals surface area (Å²) in [6.07, 6.45) is 2.89. The minimum absolute atomic E-state index is 0.00454. The SMILES string of the molecule is CN(C)CCCN(C)C(=O)NC1CCC(C(=O)O)C1. The highest BCUT2D eigenvalue weighted by Crippen LogP contribution is 2.25. The number of hydrogen-bond donors (Lipinski definition) is 2. The molecule has 2 N–H and O–H groups in total. The van der Waals surface area contributed by atoms with Gasteiger partial charge in [-0.15, -0.1) is 0 Å². The fourth-order valence-corrected chi connectivity index (χ4v) is 2.35. The Bertz CT molecular complexity index is 320. The van der Waals surface area contributed by atoms with E-state index >= 15 is 0 Å². The summed E-state index contributed by atoms with van der Waals surface area (Å²) in [5, 5.41) is 11.8. The van der Waals surface area contributed by atoms with Crippen molar-refractivity contribution in [1.29, 1.82) is 0 Å². The predicted molar refractivity (Wildman–Crippen MR) is 73.1 cm³/mol. The Morgan fingerprint density at radius 3 is 2.42 bits per heavy atom. The molecule has 0 aliphatic heterocycles. The standard InChI is InChI=1S/C13H25N3O3/c1-15(2)7-4-8-16(3)13(19)14-11-6-5-10(9-11)12(17)18/h10-11H,4-9H2,1-3H3,(H,14,19)(H,17,18). The summed E-state index contributed by atoms with van der Waals surface area (Å²) in [5.41, 5.74) is 0. The van der Waals surface area contributed by atoms with E-state index in [1.165, 1.54) is 0 Å². The monoisotopic (exact) mass is 271 g/mol. The third-order valence-corrected chi connectivity index (χ3v) is 3.56. The number of aliphatic carboxylic acids is 1. The van der Waals surface area contributed by atoms with Gasteiger partial charge >= 0.3 is 12.0 Å². The number of carboxylic acid groups (broad SMARTS) is 1. The van der Waals surface area contributed by atoms with E-state index in [-0.39, 0.29) is 18.0 Å². The Morgan fingerprint density at radius 2 is 1.89 bits per heavy atom. The molecule has 0 bridgehead atoms. The zero-order valence-corrected chi connectivity index (χ0v) is 12.1. The Kier molecular flexibility index (Phi) is 6.08. The molecule has 2 amide bonds. The smallest absolute Gasteiger partial charge is 0.317 e. The van der Waals surface area contributed by atoms with Crippen LogP contribution in [0.15, 0.2) is 0 Å². The van der Waals surface area contributed by atoms with Crippen LogP contribution in [0.25, 0.3) is 0 Å². The van der Waals surface area contributed by atoms with Gasteiger partial charge < -0.3 is 20.2 Å². The zero-order chi connectivity index (χ0) is 14.4. The van der Waals surface area contributed by atoms with E-state index in [9.17, 15) is 9.59 Å². The Labute approximate surface area is 114 Å². The van der Waals surface area contributed by atoms with E-state index in [0.29, 0.717) is 19.4 Å². The van der Waals surface area contributed by atoms with Crippen molar-refractivity contribution >= 4 is 12.0 Å². The predicted octanol–water partition coefficient (Wildman–Crippen LogP) is 0.833. The highest BCUT2D eigenvalue weighted by Gasteiger charge is 2.30. The first-order valence-corrected chi connectivity index (χ1v) is 6.79. The maximum atomic E-state index is 11.9. The maximum absolute atomic E-state index is 11.9. The van der Waals surface area contributed by atoms with Crippen LogP contribution in [0.4, 0.5) is 4.79 Å². The molecule has 6 heteroatoms. The average Bonchev–Trinajstić information content (AvgIpc) is 2.76. The molecule has 110 valence electrons. The first-order valence-electron chi connectivity index (χ1n) is 6.79. The first kappa shape index (κ1) is 15.8. The van der Waals surface area contributed by atoms with Gasteiger partial charge in [-0.3, -0.25) is 4.79 Å². The van der Waals surface area contributed by atoms with Crippen LogP contribution >= 0.6 is 0 Å². The second-order valence-electron chi connectivity index (χ2n) is 5.57. The van der Waals surface area contributed by atoms with Crippen molar-refractivity contribution in [2.24, 2.45) is 5.92 Å². The van der Waals surface area contributed by atoms with Crippen molar-refractivity contribution in [3.8, 4) is 0 Å². The van der Waals surface area contributed by atoms with Gasteiger partial charge in [-0.05, 0) is 46.3 Å². The van der Waals surface area contributed by atoms with Gasteiger partial charge in [0.05, 0.1) is 5.92 Å². The van der Waals surface area contributed by atoms with Crippen molar-refractivity contribution in [3.05, 3.63) is 0 Å². The van der Waals surface area contributed by atoms with Crippen molar-refractivity contribution in [3.63, 3.8) is 0 Å². The molecular weight excluding hydrogens is 246 g/mol. The molecule has 0 saturated heterocycles. The van der Waals surface area contributed by atoms with Crippen LogP contribution in [0, 0.1) is 5.92 Å². The Morgan fingerprint density at radius 1 is 1.21 bits per heavy atom. The van der Waals surface area contributed by atoms with E-state index in [1.54, 1.807) is 11.9 Å². The van der Waals surface area contributed by atoms with Crippen molar-refractivity contribution in [2.45, 2.75) is 31.7 Å². The number of carbonyl (C=O) groups is 2. The van der Waals surface area contributed by atoms with E-state index in [1.807, 2.05) is 14.1 Å². The summed E-state index contributed by atoms with van der Waals surface area (Å²) in [7, 11) is 5.78. The number of nitrogens with zero attached hydrogens (tertiary/aromatic N) is 2. The highest BCUT2D eigenvalue weighted by atomic mass is 16.4. The third kappa shape index (κ3) is 5.46. The van der Waals surface area contributed by atoms with Gasteiger partial charge in [-0.25, -0.2) is 4.79 Å². The molecule has 0 aromatic rings. The fraction of sp³-hybridized carbons (Fsp3) is 0.846. The number of rotatable bonds is 6. The second kappa shape index (κ2) is 7.33. The van der Waals surface area contributed by atoms with Gasteiger partial charge in [0.25, 0.3) is 0 Å². The van der Waals surface area contributed by atoms with E-state index in [2.05, 4.69) is 10.2 Å². The summed E-state index contributed by atoms with van der Waals surface area (Å²) < 4.78 is 0. The van der Waals surface area contributed by atoms with Crippen LogP contribution in [-0.4, -0.2) is 67.2 Å². The van der Waals surface area contributed by atoms with Crippen molar-refractivity contribution in [1.82, 2.24) is 15.1 Å². The summed E-state index contributed by atoms with van der Waals surface area (Å²) in [6, 6.07) is -0.0975. The molecule has 0 radical (unpaired) electrons. The molecule has 0 aromatic heterocycles. The highest BCUT2D eigenvalue weighted by molar-refractivity contribution is 5.75. The normalized spacial score (nSPS) is 22.5. The summed E-state index contributed by atoms with van der Waals surface area (Å²) in [6.45, 7) is 1.65. The molecule has 6 nitrogen and oxygen atoms in total. The Hall–Kier alpha value is -1.30. The van der Waals surface area contributed by atoms with Crippen LogP contribution < -0.4 is 5.32 Å². The molecule has 2 unspecified atom stereocenters. The maximum Gasteiger partial charge on any atom is 0.317 e. The van der Waals surface area contributed by atoms with E-state index in [0.717, 1.165) is 19.4 Å². The van der Waals surface area contributed by atoms with Gasteiger partial charge in [0.1, 0.15) is 0 Å². The molecule has 0 spiro atoms. The van der Waals surface area contributed by atoms with Crippen LogP contribution in [-0.2, 0) is 4.79 Å². The van der Waals surface area contributed by atoms with Crippen molar-refractivity contribution < 1.29 is 14.7 Å². The molecule has 0 aromatic carbocycles. The summed E-state index contributed by atoms with van der Waals surface area (Å²) in [5.74, 6) is -1.06. The molecule has 1 aliphatic rings. The second-order valence-corrected chi connectivity index (χ2v) is 5.57. The van der Waals surface area contributed by atoms with E-state index in [4.69, 9.17) is 5.11 Å². The van der Waals surface area contributed by atoms with Crippen LogP contribution in [0.1, 0.15) is 25.7 Å². The number of amides is 2. The first-order chi connectivity index (χ1) is 8.90.